The Balaban J connectivity index is 4.53. The van der Waals surface area contributed by atoms with Gasteiger partial charge < -0.3 is 14.2 Å². The van der Waals surface area contributed by atoms with Crippen molar-refractivity contribution in [3.05, 3.63) is 134 Å². The van der Waals surface area contributed by atoms with Crippen LogP contribution in [0.1, 0.15) is 239 Å². The van der Waals surface area contributed by atoms with Gasteiger partial charge in [-0.3, -0.25) is 14.4 Å². The first-order chi connectivity index (χ1) is 35.0. The summed E-state index contributed by atoms with van der Waals surface area (Å²) in [7, 11) is 0. The van der Waals surface area contributed by atoms with Crippen LogP contribution in [0.4, 0.5) is 0 Å². The second kappa shape index (κ2) is 58.1. The van der Waals surface area contributed by atoms with E-state index in [2.05, 4.69) is 81.5 Å². The molecule has 0 aromatic heterocycles. The number of ether oxygens (including phenoxy) is 3. The number of esters is 3. The molecule has 1 atom stereocenters. The summed E-state index contributed by atoms with van der Waals surface area (Å²) in [5.41, 5.74) is 0. The maximum absolute atomic E-state index is 12.9. The molecule has 0 aliphatic heterocycles. The Bertz CT molecular complexity index is 1550. The predicted octanol–water partition coefficient (Wildman–Crippen LogP) is 19.4. The molecule has 6 heteroatoms. The van der Waals surface area contributed by atoms with Gasteiger partial charge in [0.1, 0.15) is 13.2 Å². The average molecular weight is 982 g/mol. The van der Waals surface area contributed by atoms with E-state index in [1.807, 2.05) is 72.9 Å². The van der Waals surface area contributed by atoms with Crippen LogP contribution in [-0.4, -0.2) is 37.2 Å². The summed E-state index contributed by atoms with van der Waals surface area (Å²) in [6.07, 6.45) is 81.4. The highest BCUT2D eigenvalue weighted by molar-refractivity contribution is 5.71. The van der Waals surface area contributed by atoms with E-state index in [9.17, 15) is 14.4 Å². The fourth-order valence-corrected chi connectivity index (χ4v) is 7.52. The third kappa shape index (κ3) is 56.3. The molecule has 0 saturated heterocycles. The molecule has 400 valence electrons. The molecule has 0 aliphatic rings. The van der Waals surface area contributed by atoms with Gasteiger partial charge in [-0.2, -0.15) is 0 Å². The minimum absolute atomic E-state index is 0.105. The van der Waals surface area contributed by atoms with Gasteiger partial charge in [-0.1, -0.05) is 264 Å². The molecule has 71 heavy (non-hydrogen) atoms. The molecule has 0 bridgehead atoms. The summed E-state index contributed by atoms with van der Waals surface area (Å²) in [5.74, 6) is -0.968. The zero-order valence-corrected chi connectivity index (χ0v) is 45.7. The van der Waals surface area contributed by atoms with E-state index in [4.69, 9.17) is 14.2 Å². The first-order valence-electron chi connectivity index (χ1n) is 28.8. The minimum atomic E-state index is -0.810. The van der Waals surface area contributed by atoms with Crippen molar-refractivity contribution in [1.29, 1.82) is 0 Å². The van der Waals surface area contributed by atoms with Crippen molar-refractivity contribution in [3.8, 4) is 0 Å². The number of allylic oxidation sites excluding steroid dienone is 22. The van der Waals surface area contributed by atoms with E-state index < -0.39 is 6.10 Å². The predicted molar refractivity (Wildman–Crippen MR) is 306 cm³/mol. The SMILES string of the molecule is CC\C=C/C=C\C=C/C=C\C=C\C=C/C=C\CCCCCC(=O)OCC(COC(=O)CCCCCCCC/C=C\C=C/CCCCC)OC(=O)CCCCCCCCCCCC/C=C\C=C/CCCCC. The van der Waals surface area contributed by atoms with Crippen LogP contribution in [0.5, 0.6) is 0 Å². The van der Waals surface area contributed by atoms with Gasteiger partial charge in [0, 0.05) is 19.3 Å². The second-order valence-electron chi connectivity index (χ2n) is 18.7. The molecule has 0 aliphatic carbocycles. The maximum Gasteiger partial charge on any atom is 0.306 e. The first kappa shape index (κ1) is 66.6. The Morgan fingerprint density at radius 3 is 0.887 bits per heavy atom. The molecule has 0 heterocycles. The summed E-state index contributed by atoms with van der Waals surface area (Å²) >= 11 is 0. The van der Waals surface area contributed by atoms with Crippen molar-refractivity contribution in [1.82, 2.24) is 0 Å². The van der Waals surface area contributed by atoms with Crippen LogP contribution in [0.25, 0.3) is 0 Å². The van der Waals surface area contributed by atoms with Gasteiger partial charge in [0.25, 0.3) is 0 Å². The Morgan fingerprint density at radius 1 is 0.296 bits per heavy atom. The zero-order valence-electron chi connectivity index (χ0n) is 45.7. The maximum atomic E-state index is 12.9. The summed E-state index contributed by atoms with van der Waals surface area (Å²) < 4.78 is 16.8. The smallest absolute Gasteiger partial charge is 0.306 e. The highest BCUT2D eigenvalue weighted by Gasteiger charge is 2.19. The molecule has 1 unspecified atom stereocenters. The lowest BCUT2D eigenvalue weighted by Gasteiger charge is -2.18. The van der Waals surface area contributed by atoms with Crippen LogP contribution in [0.2, 0.25) is 0 Å². The molecular formula is C65H104O6. The molecule has 0 aromatic carbocycles. The topological polar surface area (TPSA) is 78.9 Å². The van der Waals surface area contributed by atoms with Crippen LogP contribution >= 0.6 is 0 Å². The molecular weight excluding hydrogens is 877 g/mol. The lowest BCUT2D eigenvalue weighted by atomic mass is 10.1. The van der Waals surface area contributed by atoms with Crippen LogP contribution in [0, 0.1) is 0 Å². The van der Waals surface area contributed by atoms with Crippen LogP contribution in [0.3, 0.4) is 0 Å². The Hall–Kier alpha value is -4.45. The summed E-state index contributed by atoms with van der Waals surface area (Å²) in [6.45, 7) is 6.38. The molecule has 0 amide bonds. The van der Waals surface area contributed by atoms with E-state index in [0.29, 0.717) is 19.3 Å². The van der Waals surface area contributed by atoms with E-state index >= 15 is 0 Å². The van der Waals surface area contributed by atoms with E-state index in [0.717, 1.165) is 83.5 Å². The first-order valence-corrected chi connectivity index (χ1v) is 28.8. The number of rotatable bonds is 50. The number of carbonyl (C=O) groups is 3. The van der Waals surface area contributed by atoms with Crippen molar-refractivity contribution in [2.24, 2.45) is 0 Å². The quantitative estimate of drug-likeness (QED) is 0.0262. The number of carbonyl (C=O) groups excluding carboxylic acids is 3. The van der Waals surface area contributed by atoms with Gasteiger partial charge in [-0.25, -0.2) is 0 Å². The largest absolute Gasteiger partial charge is 0.462 e. The van der Waals surface area contributed by atoms with Gasteiger partial charge in [0.2, 0.25) is 0 Å². The molecule has 0 aromatic rings. The molecule has 0 spiro atoms. The van der Waals surface area contributed by atoms with E-state index in [1.54, 1.807) is 0 Å². The van der Waals surface area contributed by atoms with Crippen molar-refractivity contribution in [3.63, 3.8) is 0 Å². The average Bonchev–Trinajstić information content (AvgIpc) is 3.37. The summed E-state index contributed by atoms with van der Waals surface area (Å²) in [6, 6.07) is 0. The van der Waals surface area contributed by atoms with Gasteiger partial charge in [0.15, 0.2) is 6.10 Å². The van der Waals surface area contributed by atoms with E-state index in [-0.39, 0.29) is 31.1 Å². The molecule has 6 nitrogen and oxygen atoms in total. The number of unbranched alkanes of at least 4 members (excludes halogenated alkanes) is 25. The Labute approximate surface area is 436 Å². The lowest BCUT2D eigenvalue weighted by molar-refractivity contribution is -0.167. The Kier molecular flexibility index (Phi) is 54.5. The summed E-state index contributed by atoms with van der Waals surface area (Å²) in [4.78, 5) is 38.2. The van der Waals surface area contributed by atoms with Gasteiger partial charge in [-0.05, 0) is 89.9 Å². The normalized spacial score (nSPS) is 13.1. The van der Waals surface area contributed by atoms with Crippen molar-refractivity contribution in [2.45, 2.75) is 245 Å². The standard InChI is InChI=1S/C65H104O6/c1-4-7-10-13-16-19-22-25-28-30-32-34-37-40-43-46-49-52-55-58-64(67)70-61-62(60-69-63(66)57-54-51-48-45-42-39-36-27-24-21-18-15-12-9-6-3)71-65(68)59-56-53-50-47-44-41-38-35-33-31-29-26-23-20-17-14-11-8-5-2/h7,10,13,16-28,30,32,34,37,40,43,62H,4-6,8-9,11-12,14-15,29,31,33,35-36,38-39,41-42,44-61H2,1-3H3/b10-7-,16-13-,20-17-,21-18-,22-19-,26-23-,27-24-,28-25-,32-30+,37-34-,43-40-. The number of hydrogen-bond acceptors (Lipinski definition) is 6. The third-order valence-corrected chi connectivity index (χ3v) is 11.9. The van der Waals surface area contributed by atoms with Gasteiger partial charge in [0.05, 0.1) is 0 Å². The lowest BCUT2D eigenvalue weighted by Crippen LogP contribution is -2.30. The van der Waals surface area contributed by atoms with Crippen LogP contribution in [-0.2, 0) is 28.6 Å². The molecule has 0 rings (SSSR count). The fourth-order valence-electron chi connectivity index (χ4n) is 7.52. The number of hydrogen-bond donors (Lipinski definition) is 0. The van der Waals surface area contributed by atoms with Crippen LogP contribution in [0.15, 0.2) is 134 Å². The zero-order chi connectivity index (χ0) is 51.4. The molecule has 0 fully saturated rings. The third-order valence-electron chi connectivity index (χ3n) is 11.9. The molecule has 0 saturated carbocycles. The van der Waals surface area contributed by atoms with Gasteiger partial charge in [-0.15, -0.1) is 0 Å². The second-order valence-corrected chi connectivity index (χ2v) is 18.7. The van der Waals surface area contributed by atoms with Crippen molar-refractivity contribution >= 4 is 17.9 Å². The Morgan fingerprint density at radius 2 is 0.549 bits per heavy atom. The van der Waals surface area contributed by atoms with E-state index in [1.165, 1.54) is 116 Å². The monoisotopic (exact) mass is 981 g/mol. The fraction of sp³-hybridized carbons (Fsp3) is 0.615. The van der Waals surface area contributed by atoms with Crippen molar-refractivity contribution in [2.75, 3.05) is 13.2 Å². The van der Waals surface area contributed by atoms with Gasteiger partial charge >= 0.3 is 17.9 Å². The molecule has 0 radical (unpaired) electrons. The minimum Gasteiger partial charge on any atom is -0.462 e. The summed E-state index contributed by atoms with van der Waals surface area (Å²) in [5, 5.41) is 0. The van der Waals surface area contributed by atoms with Crippen LogP contribution < -0.4 is 0 Å². The molecule has 0 N–H and O–H groups in total. The highest BCUT2D eigenvalue weighted by Crippen LogP contribution is 2.15. The van der Waals surface area contributed by atoms with Crippen molar-refractivity contribution < 1.29 is 28.6 Å². The highest BCUT2D eigenvalue weighted by atomic mass is 16.6.